The maximum Gasteiger partial charge on any atom is 0.158 e. The van der Waals surface area contributed by atoms with E-state index in [0.29, 0.717) is 6.04 Å². The van der Waals surface area contributed by atoms with Crippen LogP contribution < -0.4 is 0 Å². The standard InChI is InChI=1S/C14H24ClN5/c1-7-11-12-14(19(6)17-11)20(8-9(2)18(4)5)13(16-12)10(3)15/h9-10H,7-8H2,1-6H3. The smallest absolute Gasteiger partial charge is 0.158 e. The molecule has 0 amide bonds. The van der Waals surface area contributed by atoms with Crippen molar-refractivity contribution in [1.82, 2.24) is 24.2 Å². The van der Waals surface area contributed by atoms with Crippen LogP contribution in [-0.2, 0) is 20.0 Å². The van der Waals surface area contributed by atoms with E-state index in [-0.39, 0.29) is 5.38 Å². The summed E-state index contributed by atoms with van der Waals surface area (Å²) in [5.41, 5.74) is 3.10. The van der Waals surface area contributed by atoms with Gasteiger partial charge in [0.15, 0.2) is 5.65 Å². The summed E-state index contributed by atoms with van der Waals surface area (Å²) in [4.78, 5) is 6.95. The van der Waals surface area contributed by atoms with Crippen molar-refractivity contribution in [2.24, 2.45) is 7.05 Å². The van der Waals surface area contributed by atoms with Crippen LogP contribution in [0.1, 0.15) is 37.7 Å². The molecule has 0 aromatic carbocycles. The van der Waals surface area contributed by atoms with Gasteiger partial charge in [0.1, 0.15) is 11.3 Å². The van der Waals surface area contributed by atoms with E-state index in [1.54, 1.807) is 0 Å². The molecule has 0 radical (unpaired) electrons. The predicted molar refractivity (Wildman–Crippen MR) is 83.3 cm³/mol. The first-order valence-electron chi connectivity index (χ1n) is 7.09. The summed E-state index contributed by atoms with van der Waals surface area (Å²) in [5, 5.41) is 4.45. The van der Waals surface area contributed by atoms with Gasteiger partial charge in [-0.05, 0) is 34.4 Å². The first-order chi connectivity index (χ1) is 9.36. The van der Waals surface area contributed by atoms with E-state index in [1.807, 2.05) is 18.7 Å². The zero-order valence-electron chi connectivity index (χ0n) is 13.2. The summed E-state index contributed by atoms with van der Waals surface area (Å²) in [6.45, 7) is 7.13. The molecule has 2 heterocycles. The zero-order valence-corrected chi connectivity index (χ0v) is 13.9. The minimum absolute atomic E-state index is 0.110. The Morgan fingerprint density at radius 2 is 1.95 bits per heavy atom. The molecule has 0 aliphatic rings. The van der Waals surface area contributed by atoms with Crippen LogP contribution >= 0.6 is 11.6 Å². The molecular weight excluding hydrogens is 274 g/mol. The lowest BCUT2D eigenvalue weighted by molar-refractivity contribution is 0.283. The molecule has 2 atom stereocenters. The van der Waals surface area contributed by atoms with Gasteiger partial charge in [0.2, 0.25) is 0 Å². The van der Waals surface area contributed by atoms with Crippen LogP contribution in [-0.4, -0.2) is 44.4 Å². The van der Waals surface area contributed by atoms with E-state index in [2.05, 4.69) is 42.5 Å². The maximum absolute atomic E-state index is 6.32. The highest BCUT2D eigenvalue weighted by Crippen LogP contribution is 2.27. The summed E-state index contributed by atoms with van der Waals surface area (Å²) < 4.78 is 4.14. The minimum atomic E-state index is -0.110. The molecule has 0 fully saturated rings. The number of halogens is 1. The monoisotopic (exact) mass is 297 g/mol. The van der Waals surface area contributed by atoms with Crippen molar-refractivity contribution in [2.45, 2.75) is 45.2 Å². The Morgan fingerprint density at radius 3 is 2.45 bits per heavy atom. The van der Waals surface area contributed by atoms with Crippen molar-refractivity contribution < 1.29 is 0 Å². The number of aromatic nitrogens is 4. The fourth-order valence-corrected chi connectivity index (χ4v) is 2.57. The SMILES string of the molecule is CCc1nn(C)c2c1nc(C(C)Cl)n2CC(C)N(C)C. The topological polar surface area (TPSA) is 38.9 Å². The van der Waals surface area contributed by atoms with Gasteiger partial charge in [-0.25, -0.2) is 4.98 Å². The van der Waals surface area contributed by atoms with Gasteiger partial charge in [0, 0.05) is 19.6 Å². The molecule has 112 valence electrons. The lowest BCUT2D eigenvalue weighted by atomic mass is 10.3. The fraction of sp³-hybridized carbons (Fsp3) is 0.714. The van der Waals surface area contributed by atoms with E-state index in [4.69, 9.17) is 16.6 Å². The molecular formula is C14H24ClN5. The van der Waals surface area contributed by atoms with Crippen molar-refractivity contribution in [3.05, 3.63) is 11.5 Å². The lowest BCUT2D eigenvalue weighted by Crippen LogP contribution is -2.30. The Morgan fingerprint density at radius 1 is 1.30 bits per heavy atom. The van der Waals surface area contributed by atoms with Crippen LogP contribution in [0.4, 0.5) is 0 Å². The van der Waals surface area contributed by atoms with Gasteiger partial charge >= 0.3 is 0 Å². The van der Waals surface area contributed by atoms with Crippen molar-refractivity contribution >= 4 is 22.8 Å². The highest BCUT2D eigenvalue weighted by Gasteiger charge is 2.22. The lowest BCUT2D eigenvalue weighted by Gasteiger charge is -2.22. The number of alkyl halides is 1. The van der Waals surface area contributed by atoms with Crippen LogP contribution in [0.25, 0.3) is 11.2 Å². The number of likely N-dealkylation sites (N-methyl/N-ethyl adjacent to an activating group) is 1. The third-order valence-corrected chi connectivity index (χ3v) is 4.04. The van der Waals surface area contributed by atoms with E-state index in [9.17, 15) is 0 Å². The van der Waals surface area contributed by atoms with Gasteiger partial charge in [-0.15, -0.1) is 11.6 Å². The third kappa shape index (κ3) is 2.56. The molecule has 0 N–H and O–H groups in total. The molecule has 2 rings (SSSR count). The highest BCUT2D eigenvalue weighted by atomic mass is 35.5. The second-order valence-electron chi connectivity index (χ2n) is 5.61. The molecule has 0 aliphatic carbocycles. The van der Waals surface area contributed by atoms with Crippen LogP contribution in [0.15, 0.2) is 0 Å². The molecule has 2 aromatic rings. The number of rotatable bonds is 5. The molecule has 2 aromatic heterocycles. The van der Waals surface area contributed by atoms with E-state index < -0.39 is 0 Å². The number of aryl methyl sites for hydroxylation is 2. The van der Waals surface area contributed by atoms with Crippen molar-refractivity contribution in [1.29, 1.82) is 0 Å². The number of hydrogen-bond donors (Lipinski definition) is 0. The largest absolute Gasteiger partial charge is 0.310 e. The minimum Gasteiger partial charge on any atom is -0.310 e. The molecule has 0 bridgehead atoms. The van der Waals surface area contributed by atoms with Crippen molar-refractivity contribution in [3.8, 4) is 0 Å². The Balaban J connectivity index is 2.59. The van der Waals surface area contributed by atoms with Crippen LogP contribution in [0.5, 0.6) is 0 Å². The first-order valence-corrected chi connectivity index (χ1v) is 7.52. The van der Waals surface area contributed by atoms with Gasteiger partial charge < -0.3 is 9.47 Å². The highest BCUT2D eigenvalue weighted by molar-refractivity contribution is 6.20. The zero-order chi connectivity index (χ0) is 15.0. The molecule has 0 spiro atoms. The summed E-state index contributed by atoms with van der Waals surface area (Å²) in [5.74, 6) is 0.929. The van der Waals surface area contributed by atoms with Gasteiger partial charge in [0.05, 0.1) is 11.1 Å². The maximum atomic E-state index is 6.32. The van der Waals surface area contributed by atoms with Gasteiger partial charge in [0.25, 0.3) is 0 Å². The first kappa shape index (κ1) is 15.3. The van der Waals surface area contributed by atoms with Crippen molar-refractivity contribution in [2.75, 3.05) is 14.1 Å². The quantitative estimate of drug-likeness (QED) is 0.796. The van der Waals surface area contributed by atoms with Crippen LogP contribution in [0.2, 0.25) is 0 Å². The average Bonchev–Trinajstić information content (AvgIpc) is 2.88. The Kier molecular flexibility index (Phi) is 4.39. The average molecular weight is 298 g/mol. The molecule has 20 heavy (non-hydrogen) atoms. The fourth-order valence-electron chi connectivity index (χ4n) is 2.41. The molecule has 6 heteroatoms. The summed E-state index contributed by atoms with van der Waals surface area (Å²) in [7, 11) is 6.15. The number of imidazole rings is 1. The number of nitrogens with zero attached hydrogens (tertiary/aromatic N) is 5. The number of hydrogen-bond acceptors (Lipinski definition) is 3. The summed E-state index contributed by atoms with van der Waals surface area (Å²) >= 11 is 6.32. The van der Waals surface area contributed by atoms with E-state index in [0.717, 1.165) is 35.6 Å². The predicted octanol–water partition coefficient (Wildman–Crippen LogP) is 2.58. The van der Waals surface area contributed by atoms with E-state index in [1.165, 1.54) is 0 Å². The Bertz CT molecular complexity index is 596. The van der Waals surface area contributed by atoms with E-state index >= 15 is 0 Å². The molecule has 0 saturated heterocycles. The van der Waals surface area contributed by atoms with Crippen LogP contribution in [0.3, 0.4) is 0 Å². The molecule has 5 nitrogen and oxygen atoms in total. The Hall–Kier alpha value is -1.07. The van der Waals surface area contributed by atoms with Gasteiger partial charge in [-0.1, -0.05) is 6.92 Å². The molecule has 2 unspecified atom stereocenters. The van der Waals surface area contributed by atoms with Gasteiger partial charge in [-0.3, -0.25) is 4.68 Å². The van der Waals surface area contributed by atoms with Crippen molar-refractivity contribution in [3.63, 3.8) is 0 Å². The Labute approximate surface area is 125 Å². The summed E-state index contributed by atoms with van der Waals surface area (Å²) in [6, 6.07) is 0.404. The molecule has 0 saturated carbocycles. The second kappa shape index (κ2) is 5.74. The van der Waals surface area contributed by atoms with Gasteiger partial charge in [-0.2, -0.15) is 5.10 Å². The summed E-state index contributed by atoms with van der Waals surface area (Å²) in [6.07, 6.45) is 0.883. The second-order valence-corrected chi connectivity index (χ2v) is 6.26. The normalized spacial score (nSPS) is 15.2. The van der Waals surface area contributed by atoms with Crippen LogP contribution in [0, 0.1) is 0 Å². The third-order valence-electron chi connectivity index (χ3n) is 3.84. The number of fused-ring (bicyclic) bond motifs is 1. The molecule has 0 aliphatic heterocycles.